The molecule has 1 aromatic carbocycles. The smallest absolute Gasteiger partial charge is 0.268 e. The van der Waals surface area contributed by atoms with Crippen molar-refractivity contribution in [2.24, 2.45) is 10.8 Å². The van der Waals surface area contributed by atoms with Gasteiger partial charge in [0.1, 0.15) is 16.7 Å². The van der Waals surface area contributed by atoms with E-state index in [1.165, 1.54) is 6.07 Å². The molecular weight excluding hydrogens is 539 g/mol. The third-order valence-electron chi connectivity index (χ3n) is 8.70. The minimum Gasteiger partial charge on any atom is -0.370 e. The molecular formula is C24H24ClF5N4O2S. The van der Waals surface area contributed by atoms with Crippen LogP contribution in [0.3, 0.4) is 0 Å². The van der Waals surface area contributed by atoms with Crippen molar-refractivity contribution < 1.29 is 30.4 Å². The lowest BCUT2D eigenvalue weighted by atomic mass is 9.63. The molecule has 0 bridgehead atoms. The number of sulfonamides is 1. The predicted octanol–water partition coefficient (Wildman–Crippen LogP) is 5.04. The molecule has 4 aliphatic rings. The number of halogens is 6. The van der Waals surface area contributed by atoms with E-state index in [1.807, 2.05) is 4.72 Å². The number of pyridine rings is 1. The summed E-state index contributed by atoms with van der Waals surface area (Å²) < 4.78 is 98.7. The minimum atomic E-state index is -4.81. The van der Waals surface area contributed by atoms with Gasteiger partial charge < -0.3 is 4.90 Å². The molecule has 2 spiro atoms. The van der Waals surface area contributed by atoms with Crippen LogP contribution in [0.15, 0.2) is 29.2 Å². The van der Waals surface area contributed by atoms with Crippen molar-refractivity contribution in [2.45, 2.75) is 49.0 Å². The van der Waals surface area contributed by atoms with Crippen molar-refractivity contribution >= 4 is 33.1 Å². The fourth-order valence-electron chi connectivity index (χ4n) is 6.52. The normalized spacial score (nSPS) is 30.8. The molecule has 37 heavy (non-hydrogen) atoms. The van der Waals surface area contributed by atoms with Gasteiger partial charge in [0, 0.05) is 43.6 Å². The third kappa shape index (κ3) is 3.89. The molecule has 2 saturated carbocycles. The van der Waals surface area contributed by atoms with Crippen molar-refractivity contribution in [1.82, 2.24) is 9.88 Å². The van der Waals surface area contributed by atoms with E-state index in [2.05, 4.69) is 9.88 Å². The summed E-state index contributed by atoms with van der Waals surface area (Å²) >= 11 is 6.23. The van der Waals surface area contributed by atoms with Gasteiger partial charge in [-0.15, -0.1) is 0 Å². The molecule has 3 heterocycles. The number of nitrogens with zero attached hydrogens (tertiary/aromatic N) is 3. The van der Waals surface area contributed by atoms with E-state index in [4.69, 9.17) is 11.6 Å². The first kappa shape index (κ1) is 25.1. The van der Waals surface area contributed by atoms with Gasteiger partial charge >= 0.3 is 0 Å². The van der Waals surface area contributed by atoms with Crippen LogP contribution in [0.4, 0.5) is 33.5 Å². The Morgan fingerprint density at radius 3 is 2.46 bits per heavy atom. The van der Waals surface area contributed by atoms with Gasteiger partial charge in [0.05, 0.1) is 11.1 Å². The van der Waals surface area contributed by atoms with Gasteiger partial charge in [-0.3, -0.25) is 9.62 Å². The highest BCUT2D eigenvalue weighted by Gasteiger charge is 2.73. The van der Waals surface area contributed by atoms with E-state index >= 15 is 8.78 Å². The number of hydrogen-bond donors (Lipinski definition) is 1. The highest BCUT2D eigenvalue weighted by molar-refractivity contribution is 7.92. The van der Waals surface area contributed by atoms with Gasteiger partial charge in [-0.25, -0.2) is 31.0 Å². The first-order valence-electron chi connectivity index (χ1n) is 12.1. The largest absolute Gasteiger partial charge is 0.370 e. The number of alkyl halides is 2. The second-order valence-corrected chi connectivity index (χ2v) is 12.8. The predicted molar refractivity (Wildman–Crippen MR) is 127 cm³/mol. The molecule has 6 rings (SSSR count). The van der Waals surface area contributed by atoms with E-state index in [0.717, 1.165) is 31.0 Å². The van der Waals surface area contributed by atoms with Crippen LogP contribution in [-0.4, -0.2) is 56.4 Å². The number of hydrogen-bond acceptors (Lipinski definition) is 5. The maximum Gasteiger partial charge on any atom is 0.268 e. The standard InChI is InChI=1S/C24H24ClF5N4O2S/c25-19-15(10-14(26)21(20(19)28)37(35,36)32-18-3-1-2-17(27)31-18)33-8-6-22(12-33)5-4-16(22)34-9-7-23(13-34)11-24(23,29)30/h1-3,10,16H,4-9,11-13H2,(H,31,32)/t16-,22+,23+/m1/s1. The van der Waals surface area contributed by atoms with Crippen LogP contribution in [-0.2, 0) is 10.0 Å². The number of aromatic nitrogens is 1. The van der Waals surface area contributed by atoms with Crippen molar-refractivity contribution in [3.05, 3.63) is 46.9 Å². The lowest BCUT2D eigenvalue weighted by molar-refractivity contribution is -0.00712. The Kier molecular flexibility index (Phi) is 5.54. The van der Waals surface area contributed by atoms with E-state index in [-0.39, 0.29) is 23.6 Å². The van der Waals surface area contributed by atoms with Crippen molar-refractivity contribution in [1.29, 1.82) is 0 Å². The second kappa shape index (κ2) is 8.16. The monoisotopic (exact) mass is 562 g/mol. The fourth-order valence-corrected chi connectivity index (χ4v) is 7.99. The maximum absolute atomic E-state index is 15.2. The molecule has 3 atom stereocenters. The molecule has 4 fully saturated rings. The summed E-state index contributed by atoms with van der Waals surface area (Å²) in [7, 11) is -4.81. The third-order valence-corrected chi connectivity index (χ3v) is 10.5. The number of anilines is 2. The van der Waals surface area contributed by atoms with Crippen molar-refractivity contribution in [3.8, 4) is 0 Å². The molecule has 0 amide bonds. The highest BCUT2D eigenvalue weighted by atomic mass is 35.5. The average Bonchev–Trinajstić information content (AvgIpc) is 3.17. The SMILES string of the molecule is O=S(=O)(Nc1cccc(F)n1)c1c(F)cc(N2CC[C@@]3(CC[C@H]3N3CC[C@@]4(C3)CC4(F)F)C2)c(Cl)c1F. The minimum absolute atomic E-state index is 0.0358. The zero-order chi connectivity index (χ0) is 26.4. The number of nitrogens with one attached hydrogen (secondary N) is 1. The van der Waals surface area contributed by atoms with Crippen LogP contribution in [0, 0.1) is 28.4 Å². The van der Waals surface area contributed by atoms with Crippen LogP contribution >= 0.6 is 11.6 Å². The zero-order valence-electron chi connectivity index (χ0n) is 19.6. The number of likely N-dealkylation sites (tertiary alicyclic amines) is 1. The Morgan fingerprint density at radius 1 is 1.08 bits per heavy atom. The molecule has 2 aromatic rings. The average molecular weight is 563 g/mol. The quantitative estimate of drug-likeness (QED) is 0.314. The molecule has 0 unspecified atom stereocenters. The maximum atomic E-state index is 15.2. The van der Waals surface area contributed by atoms with Crippen LogP contribution in [0.1, 0.15) is 32.1 Å². The van der Waals surface area contributed by atoms with Crippen molar-refractivity contribution in [3.63, 3.8) is 0 Å². The second-order valence-electron chi connectivity index (χ2n) is 10.8. The molecule has 2 saturated heterocycles. The van der Waals surface area contributed by atoms with Crippen LogP contribution < -0.4 is 9.62 Å². The Hall–Kier alpha value is -2.18. The Labute approximate surface area is 215 Å². The van der Waals surface area contributed by atoms with Gasteiger partial charge in [-0.1, -0.05) is 17.7 Å². The summed E-state index contributed by atoms with van der Waals surface area (Å²) in [5.41, 5.74) is -1.05. The lowest BCUT2D eigenvalue weighted by Crippen LogP contribution is -2.56. The summed E-state index contributed by atoms with van der Waals surface area (Å²) in [6.45, 7) is 1.87. The van der Waals surface area contributed by atoms with Crippen LogP contribution in [0.2, 0.25) is 5.02 Å². The summed E-state index contributed by atoms with van der Waals surface area (Å²) in [4.78, 5) is 5.95. The molecule has 13 heteroatoms. The Morgan fingerprint density at radius 2 is 1.84 bits per heavy atom. The number of rotatable bonds is 5. The van der Waals surface area contributed by atoms with Gasteiger partial charge in [0.2, 0.25) is 5.95 Å². The van der Waals surface area contributed by atoms with E-state index < -0.39 is 54.7 Å². The van der Waals surface area contributed by atoms with Gasteiger partial charge in [-0.2, -0.15) is 4.39 Å². The van der Waals surface area contributed by atoms with E-state index in [0.29, 0.717) is 39.0 Å². The summed E-state index contributed by atoms with van der Waals surface area (Å²) in [6.07, 6.45) is 2.88. The van der Waals surface area contributed by atoms with Crippen LogP contribution in [0.5, 0.6) is 0 Å². The van der Waals surface area contributed by atoms with Crippen LogP contribution in [0.25, 0.3) is 0 Å². The zero-order valence-corrected chi connectivity index (χ0v) is 21.2. The summed E-state index contributed by atoms with van der Waals surface area (Å²) in [5, 5.41) is -0.542. The molecule has 1 N–H and O–H groups in total. The lowest BCUT2D eigenvalue weighted by Gasteiger charge is -2.51. The molecule has 1 aromatic heterocycles. The first-order valence-corrected chi connectivity index (χ1v) is 13.9. The van der Waals surface area contributed by atoms with Crippen molar-refractivity contribution in [2.75, 3.05) is 35.8 Å². The topological polar surface area (TPSA) is 65.5 Å². The van der Waals surface area contributed by atoms with E-state index in [1.54, 1.807) is 4.90 Å². The molecule has 0 radical (unpaired) electrons. The Balaban J connectivity index is 1.22. The van der Waals surface area contributed by atoms with Gasteiger partial charge in [-0.05, 0) is 44.4 Å². The Bertz CT molecular complexity index is 1400. The molecule has 200 valence electrons. The molecule has 2 aliphatic heterocycles. The number of benzene rings is 1. The summed E-state index contributed by atoms with van der Waals surface area (Å²) in [6, 6.07) is 4.32. The summed E-state index contributed by atoms with van der Waals surface area (Å²) in [5.74, 6) is -6.80. The van der Waals surface area contributed by atoms with Gasteiger partial charge in [0.15, 0.2) is 10.7 Å². The molecule has 2 aliphatic carbocycles. The fraction of sp³-hybridized carbons (Fsp3) is 0.542. The molecule has 6 nitrogen and oxygen atoms in total. The first-order chi connectivity index (χ1) is 17.4. The highest BCUT2D eigenvalue weighted by Crippen LogP contribution is 2.66. The van der Waals surface area contributed by atoms with Gasteiger partial charge in [0.25, 0.3) is 15.9 Å². The van der Waals surface area contributed by atoms with E-state index in [9.17, 15) is 21.6 Å².